The van der Waals surface area contributed by atoms with Crippen LogP contribution in [-0.2, 0) is 20.9 Å². The molecule has 1 aliphatic heterocycles. The largest absolute Gasteiger partial charge is 0.481 e. The molecule has 2 N–H and O–H groups in total. The normalized spacial score (nSPS) is 24.6. The minimum absolute atomic E-state index is 0.0326. The van der Waals surface area contributed by atoms with E-state index in [-0.39, 0.29) is 24.5 Å². The predicted octanol–water partition coefficient (Wildman–Crippen LogP) is 3.97. The summed E-state index contributed by atoms with van der Waals surface area (Å²) in [5.41, 5.74) is 3.48. The van der Waals surface area contributed by atoms with Gasteiger partial charge in [-0.15, -0.1) is 11.8 Å². The van der Waals surface area contributed by atoms with Gasteiger partial charge in [-0.05, 0) is 23.1 Å². The molecule has 0 spiro atoms. The summed E-state index contributed by atoms with van der Waals surface area (Å²) >= 11 is 0. The van der Waals surface area contributed by atoms with Crippen LogP contribution >= 0.6 is 0 Å². The maximum atomic E-state index is 11.0. The second kappa shape index (κ2) is 12.9. The number of carboxylic acid groups (broad SMARTS) is 1. The molecule has 6 nitrogen and oxygen atoms in total. The van der Waals surface area contributed by atoms with E-state index in [1.165, 1.54) is 11.1 Å². The highest BCUT2D eigenvalue weighted by molar-refractivity contribution is 5.67. The van der Waals surface area contributed by atoms with Gasteiger partial charge in [0.15, 0.2) is 0 Å². The molecule has 0 radical (unpaired) electrons. The van der Waals surface area contributed by atoms with Gasteiger partial charge in [0, 0.05) is 44.3 Å². The lowest BCUT2D eigenvalue weighted by Gasteiger charge is -2.37. The second-order valence-electron chi connectivity index (χ2n) is 9.30. The van der Waals surface area contributed by atoms with Crippen molar-refractivity contribution in [1.82, 2.24) is 4.90 Å². The number of nitrogens with zero attached hydrogens (tertiary/aromatic N) is 1. The minimum atomic E-state index is -0.823. The van der Waals surface area contributed by atoms with Gasteiger partial charge in [0.1, 0.15) is 0 Å². The fourth-order valence-electron chi connectivity index (χ4n) is 5.21. The zero-order valence-corrected chi connectivity index (χ0v) is 20.1. The summed E-state index contributed by atoms with van der Waals surface area (Å²) in [6, 6.07) is 18.8. The van der Waals surface area contributed by atoms with Crippen molar-refractivity contribution in [3.8, 4) is 23.0 Å². The van der Waals surface area contributed by atoms with Gasteiger partial charge in [0.05, 0.1) is 38.4 Å². The number of morpholine rings is 1. The number of rotatable bonds is 9. The summed E-state index contributed by atoms with van der Waals surface area (Å²) in [6.45, 7) is 3.50. The Kier molecular flexibility index (Phi) is 9.33. The number of benzene rings is 2. The Balaban J connectivity index is 1.38. The van der Waals surface area contributed by atoms with Gasteiger partial charge in [-0.2, -0.15) is 0 Å². The molecule has 6 heteroatoms. The van der Waals surface area contributed by atoms with E-state index in [0.29, 0.717) is 39.1 Å². The van der Waals surface area contributed by atoms with Crippen LogP contribution < -0.4 is 0 Å². The highest BCUT2D eigenvalue weighted by Gasteiger charge is 2.45. The topological polar surface area (TPSA) is 79.2 Å². The summed E-state index contributed by atoms with van der Waals surface area (Å²) in [5, 5.41) is 19.8. The molecule has 1 saturated heterocycles. The van der Waals surface area contributed by atoms with E-state index < -0.39 is 12.1 Å². The Morgan fingerprint density at radius 1 is 1.00 bits per heavy atom. The van der Waals surface area contributed by atoms with Gasteiger partial charge in [-0.1, -0.05) is 54.6 Å². The molecule has 2 fully saturated rings. The third-order valence-corrected chi connectivity index (χ3v) is 6.97. The third kappa shape index (κ3) is 7.16. The number of aliphatic hydroxyl groups excluding tert-OH is 1. The molecule has 186 valence electrons. The Labute approximate surface area is 207 Å². The lowest BCUT2D eigenvalue weighted by molar-refractivity contribution is -0.136. The van der Waals surface area contributed by atoms with Crippen LogP contribution in [0, 0.1) is 17.8 Å². The Bertz CT molecular complexity index is 991. The van der Waals surface area contributed by atoms with E-state index in [1.54, 1.807) is 0 Å². The van der Waals surface area contributed by atoms with Gasteiger partial charge >= 0.3 is 5.97 Å². The van der Waals surface area contributed by atoms with Crippen LogP contribution in [0.1, 0.15) is 37.7 Å². The molecule has 1 aliphatic carbocycles. The predicted molar refractivity (Wildman–Crippen MR) is 135 cm³/mol. The molecule has 2 aliphatic rings. The van der Waals surface area contributed by atoms with Crippen molar-refractivity contribution in [1.29, 1.82) is 0 Å². The van der Waals surface area contributed by atoms with Crippen molar-refractivity contribution in [2.45, 2.75) is 57.0 Å². The van der Waals surface area contributed by atoms with Crippen LogP contribution in [0.3, 0.4) is 0 Å². The Hall–Kier alpha value is -2.69. The molecule has 35 heavy (non-hydrogen) atoms. The molecule has 4 rings (SSSR count). The monoisotopic (exact) mass is 477 g/mol. The first-order valence-electron chi connectivity index (χ1n) is 12.5. The second-order valence-corrected chi connectivity index (χ2v) is 9.30. The molecule has 4 atom stereocenters. The van der Waals surface area contributed by atoms with E-state index in [9.17, 15) is 9.90 Å². The zero-order valence-electron chi connectivity index (χ0n) is 20.1. The molecule has 1 heterocycles. The van der Waals surface area contributed by atoms with Gasteiger partial charge in [-0.25, -0.2) is 0 Å². The van der Waals surface area contributed by atoms with Crippen LogP contribution in [0.2, 0.25) is 0 Å². The molecule has 1 saturated carbocycles. The fraction of sp³-hybridized carbons (Fsp3) is 0.483. The van der Waals surface area contributed by atoms with Gasteiger partial charge in [0.25, 0.3) is 0 Å². The Morgan fingerprint density at radius 2 is 1.69 bits per heavy atom. The van der Waals surface area contributed by atoms with Crippen molar-refractivity contribution in [2.24, 2.45) is 5.92 Å². The number of carbonyl (C=O) groups is 1. The minimum Gasteiger partial charge on any atom is -0.481 e. The number of hydrogen-bond acceptors (Lipinski definition) is 5. The summed E-state index contributed by atoms with van der Waals surface area (Å²) < 4.78 is 11.9. The SMILES string of the molecule is O=C(O)CCC#CCC[C@@H]1[C@@H](N2CCOCC2)[C@@H](O)C[C@@H]1OCc1ccc(-c2ccccc2)cc1. The molecule has 2 aromatic rings. The van der Waals surface area contributed by atoms with Gasteiger partial charge in [0.2, 0.25) is 0 Å². The van der Waals surface area contributed by atoms with Crippen molar-refractivity contribution < 1.29 is 24.5 Å². The first-order valence-corrected chi connectivity index (χ1v) is 12.5. The standard InChI is InChI=1S/C29H35NO5/c31-26-20-27(35-21-22-12-14-24(15-13-22)23-8-4-3-5-9-23)25(10-6-1-2-7-11-28(32)33)29(26)30-16-18-34-19-17-30/h3-5,8-9,12-15,25-27,29,31H,6-7,10-11,16-21H2,(H,32,33)/t25-,26-,27-,29+/m0/s1. The van der Waals surface area contributed by atoms with Crippen LogP contribution in [0.25, 0.3) is 11.1 Å². The number of hydrogen-bond donors (Lipinski definition) is 2. The highest BCUT2D eigenvalue weighted by atomic mass is 16.5. The number of aliphatic hydroxyl groups is 1. The first kappa shape index (κ1) is 25.4. The first-order chi connectivity index (χ1) is 17.1. The van der Waals surface area contributed by atoms with Crippen LogP contribution in [0.4, 0.5) is 0 Å². The van der Waals surface area contributed by atoms with Gasteiger partial charge in [-0.3, -0.25) is 9.69 Å². The average molecular weight is 478 g/mol. The van der Waals surface area contributed by atoms with Crippen LogP contribution in [-0.4, -0.2) is 65.6 Å². The van der Waals surface area contributed by atoms with E-state index in [1.807, 2.05) is 18.2 Å². The van der Waals surface area contributed by atoms with Crippen molar-refractivity contribution in [3.05, 3.63) is 60.2 Å². The molecule has 0 unspecified atom stereocenters. The zero-order chi connectivity index (χ0) is 24.5. The molecule has 0 amide bonds. The summed E-state index contributed by atoms with van der Waals surface area (Å²) in [5.74, 6) is 5.44. The molecule has 0 bridgehead atoms. The van der Waals surface area contributed by atoms with E-state index in [0.717, 1.165) is 25.1 Å². The van der Waals surface area contributed by atoms with Crippen molar-refractivity contribution >= 4 is 5.97 Å². The summed E-state index contributed by atoms with van der Waals surface area (Å²) in [4.78, 5) is 13.0. The molecule has 2 aromatic carbocycles. The summed E-state index contributed by atoms with van der Waals surface area (Å²) in [7, 11) is 0. The number of ether oxygens (including phenoxy) is 2. The lowest BCUT2D eigenvalue weighted by atomic mass is 9.93. The molecular formula is C29H35NO5. The Morgan fingerprint density at radius 3 is 2.40 bits per heavy atom. The average Bonchev–Trinajstić information content (AvgIpc) is 3.20. The third-order valence-electron chi connectivity index (χ3n) is 6.97. The quantitative estimate of drug-likeness (QED) is 0.532. The smallest absolute Gasteiger partial charge is 0.304 e. The number of carboxylic acids is 1. The van der Waals surface area contributed by atoms with Crippen molar-refractivity contribution in [2.75, 3.05) is 26.3 Å². The van der Waals surface area contributed by atoms with Crippen molar-refractivity contribution in [3.63, 3.8) is 0 Å². The maximum Gasteiger partial charge on any atom is 0.304 e. The highest BCUT2D eigenvalue weighted by Crippen LogP contribution is 2.37. The van der Waals surface area contributed by atoms with E-state index in [4.69, 9.17) is 14.6 Å². The fourth-order valence-corrected chi connectivity index (χ4v) is 5.21. The molecule has 0 aromatic heterocycles. The van der Waals surface area contributed by atoms with Crippen LogP contribution in [0.15, 0.2) is 54.6 Å². The van der Waals surface area contributed by atoms with E-state index in [2.05, 4.69) is 53.1 Å². The summed E-state index contributed by atoms with van der Waals surface area (Å²) in [6.07, 6.45) is 2.05. The van der Waals surface area contributed by atoms with Crippen LogP contribution in [0.5, 0.6) is 0 Å². The maximum absolute atomic E-state index is 11.0. The lowest BCUT2D eigenvalue weighted by Crippen LogP contribution is -2.50. The molecular weight excluding hydrogens is 442 g/mol. The van der Waals surface area contributed by atoms with Gasteiger partial charge < -0.3 is 19.7 Å². The number of aliphatic carboxylic acids is 1. The van der Waals surface area contributed by atoms with E-state index >= 15 is 0 Å².